The molecular formula is C27H30N6O3. The van der Waals surface area contributed by atoms with Gasteiger partial charge in [0.2, 0.25) is 5.91 Å². The van der Waals surface area contributed by atoms with Crippen LogP contribution in [0.1, 0.15) is 16.8 Å². The largest absolute Gasteiger partial charge is 0.494 e. The molecule has 1 aliphatic rings. The number of methoxy groups -OCH3 is 1. The summed E-state index contributed by atoms with van der Waals surface area (Å²) in [7, 11) is 3.53. The number of aromatic nitrogens is 4. The number of pyridine rings is 2. The third kappa shape index (κ3) is 5.69. The summed E-state index contributed by atoms with van der Waals surface area (Å²) in [6, 6.07) is 13.8. The molecule has 1 saturated heterocycles. The Morgan fingerprint density at radius 3 is 2.72 bits per heavy atom. The quantitative estimate of drug-likeness (QED) is 0.379. The van der Waals surface area contributed by atoms with Crippen molar-refractivity contribution in [2.45, 2.75) is 25.8 Å². The van der Waals surface area contributed by atoms with E-state index >= 15 is 0 Å². The maximum Gasteiger partial charge on any atom is 0.237 e. The first-order valence-electron chi connectivity index (χ1n) is 12.0. The lowest BCUT2D eigenvalue weighted by atomic mass is 10.2. The van der Waals surface area contributed by atoms with Crippen molar-refractivity contribution in [1.82, 2.24) is 29.5 Å². The Hall–Kier alpha value is -3.82. The SMILES string of the molecule is COc1cccc2ccc(CN3CC(=O)N(Cc4cnn(C)c4)C[C@@H](OCc4cccnc4)C3)nc12. The minimum absolute atomic E-state index is 0.0599. The number of nitrogens with zero attached hydrogens (tertiary/aromatic N) is 6. The zero-order valence-corrected chi connectivity index (χ0v) is 20.6. The lowest BCUT2D eigenvalue weighted by molar-refractivity contribution is -0.132. The second-order valence-electron chi connectivity index (χ2n) is 9.10. The van der Waals surface area contributed by atoms with Crippen molar-refractivity contribution in [3.8, 4) is 5.75 Å². The van der Waals surface area contributed by atoms with Crippen molar-refractivity contribution in [1.29, 1.82) is 0 Å². The molecule has 4 heterocycles. The number of carbonyl (C=O) groups is 1. The lowest BCUT2D eigenvalue weighted by Gasteiger charge is -2.24. The zero-order chi connectivity index (χ0) is 24.9. The van der Waals surface area contributed by atoms with E-state index in [4.69, 9.17) is 14.5 Å². The van der Waals surface area contributed by atoms with Gasteiger partial charge in [-0.2, -0.15) is 5.10 Å². The van der Waals surface area contributed by atoms with E-state index in [1.54, 1.807) is 30.4 Å². The highest BCUT2D eigenvalue weighted by Gasteiger charge is 2.29. The highest BCUT2D eigenvalue weighted by molar-refractivity contribution is 5.84. The second-order valence-corrected chi connectivity index (χ2v) is 9.10. The molecule has 0 saturated carbocycles. The predicted octanol–water partition coefficient (Wildman–Crippen LogP) is 2.80. The Labute approximate surface area is 210 Å². The van der Waals surface area contributed by atoms with Crippen LogP contribution in [-0.4, -0.2) is 68.3 Å². The zero-order valence-electron chi connectivity index (χ0n) is 20.6. The Morgan fingerprint density at radius 2 is 1.94 bits per heavy atom. The standard InChI is InChI=1S/C27H30N6O3/c1-31-13-21(12-29-31)14-33-17-24(36-19-20-5-4-10-28-11-20)16-32(18-26(33)34)15-23-9-8-22-6-3-7-25(35-2)27(22)30-23/h3-13,24H,14-19H2,1-2H3/t24-/m0/s1. The van der Waals surface area contributed by atoms with E-state index in [0.29, 0.717) is 39.3 Å². The minimum atomic E-state index is -0.164. The lowest BCUT2D eigenvalue weighted by Crippen LogP contribution is -2.37. The molecule has 0 radical (unpaired) electrons. The Bertz CT molecular complexity index is 1330. The molecule has 5 rings (SSSR count). The third-order valence-electron chi connectivity index (χ3n) is 6.28. The van der Waals surface area contributed by atoms with Gasteiger partial charge in [0.25, 0.3) is 0 Å². The number of fused-ring (bicyclic) bond motifs is 1. The number of benzene rings is 1. The number of para-hydroxylation sites is 1. The van der Waals surface area contributed by atoms with Gasteiger partial charge in [-0.25, -0.2) is 4.98 Å². The van der Waals surface area contributed by atoms with Crippen molar-refractivity contribution in [2.24, 2.45) is 7.05 Å². The Balaban J connectivity index is 1.35. The smallest absolute Gasteiger partial charge is 0.237 e. The van der Waals surface area contributed by atoms with Gasteiger partial charge in [0.15, 0.2) is 0 Å². The first-order chi connectivity index (χ1) is 17.6. The molecule has 0 unspecified atom stereocenters. The molecule has 0 aliphatic carbocycles. The second kappa shape index (κ2) is 10.8. The Morgan fingerprint density at radius 1 is 1.03 bits per heavy atom. The molecule has 1 amide bonds. The van der Waals surface area contributed by atoms with Crippen LogP contribution in [0.25, 0.3) is 10.9 Å². The number of hydrogen-bond donors (Lipinski definition) is 0. The minimum Gasteiger partial charge on any atom is -0.494 e. The molecule has 9 heteroatoms. The summed E-state index contributed by atoms with van der Waals surface area (Å²) in [5.74, 6) is 0.798. The molecule has 1 atom stereocenters. The molecule has 186 valence electrons. The maximum absolute atomic E-state index is 13.3. The van der Waals surface area contributed by atoms with E-state index in [0.717, 1.165) is 33.5 Å². The van der Waals surface area contributed by atoms with Crippen LogP contribution in [0.5, 0.6) is 5.75 Å². The van der Waals surface area contributed by atoms with Crippen LogP contribution in [0.2, 0.25) is 0 Å². The molecule has 9 nitrogen and oxygen atoms in total. The number of ether oxygens (including phenoxy) is 2. The molecular weight excluding hydrogens is 456 g/mol. The van der Waals surface area contributed by atoms with Crippen molar-refractivity contribution in [2.75, 3.05) is 26.7 Å². The fourth-order valence-corrected chi connectivity index (χ4v) is 4.54. The van der Waals surface area contributed by atoms with Gasteiger partial charge in [-0.05, 0) is 23.8 Å². The van der Waals surface area contributed by atoms with Crippen LogP contribution < -0.4 is 4.74 Å². The summed E-state index contributed by atoms with van der Waals surface area (Å²) in [6.07, 6.45) is 7.13. The number of hydrogen-bond acceptors (Lipinski definition) is 7. The third-order valence-corrected chi connectivity index (χ3v) is 6.28. The highest BCUT2D eigenvalue weighted by Crippen LogP contribution is 2.24. The molecule has 36 heavy (non-hydrogen) atoms. The summed E-state index contributed by atoms with van der Waals surface area (Å²) in [6.45, 7) is 2.88. The summed E-state index contributed by atoms with van der Waals surface area (Å²) >= 11 is 0. The number of aryl methyl sites for hydroxylation is 1. The van der Waals surface area contributed by atoms with Crippen molar-refractivity contribution in [3.05, 3.63) is 84.1 Å². The van der Waals surface area contributed by atoms with Crippen LogP contribution in [-0.2, 0) is 36.3 Å². The van der Waals surface area contributed by atoms with Gasteiger partial charge in [-0.1, -0.05) is 24.3 Å². The van der Waals surface area contributed by atoms with Crippen LogP contribution in [0.4, 0.5) is 0 Å². The van der Waals surface area contributed by atoms with Gasteiger partial charge < -0.3 is 14.4 Å². The summed E-state index contributed by atoms with van der Waals surface area (Å²) in [5.41, 5.74) is 3.70. The van der Waals surface area contributed by atoms with E-state index in [1.165, 1.54) is 0 Å². The van der Waals surface area contributed by atoms with Crippen LogP contribution >= 0.6 is 0 Å². The van der Waals surface area contributed by atoms with Crippen LogP contribution in [0.15, 0.2) is 67.3 Å². The summed E-state index contributed by atoms with van der Waals surface area (Å²) in [4.78, 5) is 26.3. The first kappa shape index (κ1) is 23.9. The van der Waals surface area contributed by atoms with Gasteiger partial charge in [0.1, 0.15) is 11.3 Å². The number of rotatable bonds is 8. The summed E-state index contributed by atoms with van der Waals surface area (Å²) < 4.78 is 13.6. The monoisotopic (exact) mass is 486 g/mol. The average molecular weight is 487 g/mol. The van der Waals surface area contributed by atoms with Crippen LogP contribution in [0, 0.1) is 0 Å². The fourth-order valence-electron chi connectivity index (χ4n) is 4.54. The maximum atomic E-state index is 13.3. The van der Waals surface area contributed by atoms with Gasteiger partial charge in [-0.15, -0.1) is 0 Å². The van der Waals surface area contributed by atoms with E-state index in [9.17, 15) is 4.79 Å². The Kier molecular flexibility index (Phi) is 7.20. The van der Waals surface area contributed by atoms with Gasteiger partial charge in [0.05, 0.1) is 38.3 Å². The van der Waals surface area contributed by atoms with Gasteiger partial charge in [0, 0.05) is 62.8 Å². The van der Waals surface area contributed by atoms with E-state index in [1.807, 2.05) is 60.6 Å². The predicted molar refractivity (Wildman–Crippen MR) is 135 cm³/mol. The highest BCUT2D eigenvalue weighted by atomic mass is 16.5. The fraction of sp³-hybridized carbons (Fsp3) is 0.333. The molecule has 1 aliphatic heterocycles. The normalized spacial score (nSPS) is 16.9. The number of carbonyl (C=O) groups excluding carboxylic acids is 1. The number of amides is 1. The van der Waals surface area contributed by atoms with E-state index in [2.05, 4.69) is 15.0 Å². The molecule has 0 N–H and O–H groups in total. The van der Waals surface area contributed by atoms with E-state index in [-0.39, 0.29) is 12.0 Å². The topological polar surface area (TPSA) is 85.6 Å². The molecule has 1 aromatic carbocycles. The van der Waals surface area contributed by atoms with Gasteiger partial charge in [-0.3, -0.25) is 19.4 Å². The molecule has 4 aromatic rings. The molecule has 0 spiro atoms. The van der Waals surface area contributed by atoms with Gasteiger partial charge >= 0.3 is 0 Å². The van der Waals surface area contributed by atoms with Crippen molar-refractivity contribution in [3.63, 3.8) is 0 Å². The van der Waals surface area contributed by atoms with Crippen molar-refractivity contribution < 1.29 is 14.3 Å². The molecule has 0 bridgehead atoms. The van der Waals surface area contributed by atoms with E-state index < -0.39 is 0 Å². The van der Waals surface area contributed by atoms with Crippen LogP contribution in [0.3, 0.4) is 0 Å². The molecule has 1 fully saturated rings. The van der Waals surface area contributed by atoms with Crippen molar-refractivity contribution >= 4 is 16.8 Å². The molecule has 3 aromatic heterocycles. The average Bonchev–Trinajstić information content (AvgIpc) is 3.24. The first-order valence-corrected chi connectivity index (χ1v) is 12.0. The summed E-state index contributed by atoms with van der Waals surface area (Å²) in [5, 5.41) is 5.27.